The van der Waals surface area contributed by atoms with Gasteiger partial charge in [-0.15, -0.1) is 0 Å². The molecule has 1 saturated heterocycles. The quantitative estimate of drug-likeness (QED) is 0.898. The Labute approximate surface area is 124 Å². The smallest absolute Gasteiger partial charge is 0.0635 e. The molecule has 5 heteroatoms. The number of nitrogens with one attached hydrogen (secondary N) is 1. The summed E-state index contributed by atoms with van der Waals surface area (Å²) >= 11 is 3.64. The van der Waals surface area contributed by atoms with Crippen molar-refractivity contribution in [2.75, 3.05) is 27.2 Å². The maximum absolute atomic E-state index is 4.48. The molecule has 0 bridgehead atoms. The van der Waals surface area contributed by atoms with Crippen molar-refractivity contribution in [3.05, 3.63) is 16.4 Å². The van der Waals surface area contributed by atoms with Crippen molar-refractivity contribution < 1.29 is 0 Å². The molecule has 0 saturated carbocycles. The highest BCUT2D eigenvalue weighted by Gasteiger charge is 2.20. The zero-order valence-corrected chi connectivity index (χ0v) is 13.8. The molecule has 2 rings (SSSR count). The lowest BCUT2D eigenvalue weighted by Crippen LogP contribution is -2.39. The maximum atomic E-state index is 4.48. The zero-order valence-electron chi connectivity index (χ0n) is 12.2. The van der Waals surface area contributed by atoms with Crippen LogP contribution in [0.5, 0.6) is 0 Å². The van der Waals surface area contributed by atoms with E-state index in [4.69, 9.17) is 0 Å². The van der Waals surface area contributed by atoms with Gasteiger partial charge in [-0.3, -0.25) is 4.68 Å². The predicted octanol–water partition coefficient (Wildman–Crippen LogP) is 2.14. The number of likely N-dealkylation sites (N-methyl/N-ethyl adjacent to an activating group) is 1. The minimum atomic E-state index is 0.599. The lowest BCUT2D eigenvalue weighted by molar-refractivity contribution is 0.318. The van der Waals surface area contributed by atoms with Gasteiger partial charge in [0.05, 0.1) is 22.9 Å². The second-order valence-electron chi connectivity index (χ2n) is 5.96. The highest BCUT2D eigenvalue weighted by Crippen LogP contribution is 2.22. The SMILES string of the molecule is CC1CCC(Cc2c(Br)cnn2CCN(C)C)NC1. The molecule has 19 heavy (non-hydrogen) atoms. The lowest BCUT2D eigenvalue weighted by Gasteiger charge is -2.28. The molecule has 2 atom stereocenters. The lowest BCUT2D eigenvalue weighted by atomic mass is 9.94. The molecule has 0 amide bonds. The standard InChI is InChI=1S/C14H25BrN4/c1-11-4-5-12(16-9-11)8-14-13(15)10-17-19(14)7-6-18(2)3/h10-12,16H,4-9H2,1-3H3. The van der Waals surface area contributed by atoms with Gasteiger partial charge in [-0.25, -0.2) is 0 Å². The number of hydrogen-bond acceptors (Lipinski definition) is 3. The molecule has 1 N–H and O–H groups in total. The summed E-state index contributed by atoms with van der Waals surface area (Å²) in [6, 6.07) is 0.599. The molecule has 1 aliphatic heterocycles. The van der Waals surface area contributed by atoms with Gasteiger partial charge in [0, 0.05) is 19.0 Å². The van der Waals surface area contributed by atoms with E-state index in [2.05, 4.69) is 56.9 Å². The summed E-state index contributed by atoms with van der Waals surface area (Å²) in [5, 5.41) is 8.14. The third-order valence-corrected chi connectivity index (χ3v) is 4.52. The van der Waals surface area contributed by atoms with Gasteiger partial charge in [0.2, 0.25) is 0 Å². The van der Waals surface area contributed by atoms with Crippen molar-refractivity contribution in [1.29, 1.82) is 0 Å². The first-order valence-electron chi connectivity index (χ1n) is 7.14. The van der Waals surface area contributed by atoms with Crippen LogP contribution in [0.4, 0.5) is 0 Å². The highest BCUT2D eigenvalue weighted by molar-refractivity contribution is 9.10. The van der Waals surface area contributed by atoms with Crippen molar-refractivity contribution in [2.24, 2.45) is 5.92 Å². The van der Waals surface area contributed by atoms with Crippen LogP contribution in [0.25, 0.3) is 0 Å². The fraction of sp³-hybridized carbons (Fsp3) is 0.786. The normalized spacial score (nSPS) is 24.1. The minimum absolute atomic E-state index is 0.599. The zero-order chi connectivity index (χ0) is 13.8. The third-order valence-electron chi connectivity index (χ3n) is 3.86. The van der Waals surface area contributed by atoms with Crippen LogP contribution in [0, 0.1) is 5.92 Å². The fourth-order valence-corrected chi connectivity index (χ4v) is 3.00. The van der Waals surface area contributed by atoms with E-state index in [-0.39, 0.29) is 0 Å². The summed E-state index contributed by atoms with van der Waals surface area (Å²) in [4.78, 5) is 2.19. The van der Waals surface area contributed by atoms with Gasteiger partial charge in [0.1, 0.15) is 0 Å². The Bertz CT molecular complexity index is 394. The van der Waals surface area contributed by atoms with E-state index in [0.29, 0.717) is 6.04 Å². The number of piperidine rings is 1. The fourth-order valence-electron chi connectivity index (χ4n) is 2.54. The Morgan fingerprint density at radius 1 is 1.47 bits per heavy atom. The molecule has 108 valence electrons. The van der Waals surface area contributed by atoms with Gasteiger partial charge in [0.15, 0.2) is 0 Å². The van der Waals surface area contributed by atoms with Gasteiger partial charge in [0.25, 0.3) is 0 Å². The largest absolute Gasteiger partial charge is 0.313 e. The van der Waals surface area contributed by atoms with E-state index < -0.39 is 0 Å². The molecule has 1 aromatic heterocycles. The molecule has 1 aromatic rings. The number of nitrogens with zero attached hydrogens (tertiary/aromatic N) is 3. The predicted molar refractivity (Wildman–Crippen MR) is 82.4 cm³/mol. The summed E-state index contributed by atoms with van der Waals surface area (Å²) < 4.78 is 3.29. The van der Waals surface area contributed by atoms with Crippen molar-refractivity contribution in [3.8, 4) is 0 Å². The third kappa shape index (κ3) is 4.29. The molecule has 0 aromatic carbocycles. The number of halogens is 1. The van der Waals surface area contributed by atoms with Crippen molar-refractivity contribution in [3.63, 3.8) is 0 Å². The van der Waals surface area contributed by atoms with Crippen LogP contribution < -0.4 is 5.32 Å². The molecule has 2 heterocycles. The Morgan fingerprint density at radius 2 is 2.26 bits per heavy atom. The van der Waals surface area contributed by atoms with Crippen LogP contribution >= 0.6 is 15.9 Å². The van der Waals surface area contributed by atoms with Crippen molar-refractivity contribution in [2.45, 2.75) is 38.8 Å². The van der Waals surface area contributed by atoms with Gasteiger partial charge in [-0.2, -0.15) is 5.10 Å². The van der Waals surface area contributed by atoms with E-state index in [1.807, 2.05) is 6.20 Å². The van der Waals surface area contributed by atoms with Crippen LogP contribution in [-0.4, -0.2) is 47.9 Å². The Morgan fingerprint density at radius 3 is 2.89 bits per heavy atom. The monoisotopic (exact) mass is 328 g/mol. The van der Waals surface area contributed by atoms with Gasteiger partial charge in [-0.1, -0.05) is 6.92 Å². The van der Waals surface area contributed by atoms with Gasteiger partial charge >= 0.3 is 0 Å². The molecule has 1 aliphatic rings. The topological polar surface area (TPSA) is 33.1 Å². The number of rotatable bonds is 5. The molecule has 2 unspecified atom stereocenters. The maximum Gasteiger partial charge on any atom is 0.0635 e. The van der Waals surface area contributed by atoms with Crippen LogP contribution in [-0.2, 0) is 13.0 Å². The summed E-state index contributed by atoms with van der Waals surface area (Å²) in [7, 11) is 4.20. The van der Waals surface area contributed by atoms with E-state index in [0.717, 1.165) is 36.4 Å². The first-order valence-corrected chi connectivity index (χ1v) is 7.94. The van der Waals surface area contributed by atoms with Crippen LogP contribution in [0.1, 0.15) is 25.5 Å². The Kier molecular flexibility index (Phi) is 5.42. The summed E-state index contributed by atoms with van der Waals surface area (Å²) in [6.07, 6.45) is 5.60. The first-order chi connectivity index (χ1) is 9.06. The molecule has 4 nitrogen and oxygen atoms in total. The molecule has 1 fully saturated rings. The molecular weight excluding hydrogens is 304 g/mol. The van der Waals surface area contributed by atoms with E-state index in [1.54, 1.807) is 0 Å². The molecule has 0 spiro atoms. The second kappa shape index (κ2) is 6.86. The molecule has 0 radical (unpaired) electrons. The number of hydrogen-bond donors (Lipinski definition) is 1. The Balaban J connectivity index is 1.96. The summed E-state index contributed by atoms with van der Waals surface area (Å²) in [5.74, 6) is 0.818. The number of aromatic nitrogens is 2. The second-order valence-corrected chi connectivity index (χ2v) is 6.81. The highest BCUT2D eigenvalue weighted by atomic mass is 79.9. The molecule has 0 aliphatic carbocycles. The van der Waals surface area contributed by atoms with Crippen LogP contribution in [0.3, 0.4) is 0 Å². The van der Waals surface area contributed by atoms with Gasteiger partial charge in [-0.05, 0) is 55.3 Å². The molecular formula is C14H25BrN4. The summed E-state index contributed by atoms with van der Waals surface area (Å²) in [5.41, 5.74) is 1.33. The van der Waals surface area contributed by atoms with E-state index in [9.17, 15) is 0 Å². The van der Waals surface area contributed by atoms with Crippen molar-refractivity contribution in [1.82, 2.24) is 20.0 Å². The van der Waals surface area contributed by atoms with E-state index >= 15 is 0 Å². The van der Waals surface area contributed by atoms with Crippen LogP contribution in [0.15, 0.2) is 10.7 Å². The van der Waals surface area contributed by atoms with E-state index in [1.165, 1.54) is 18.5 Å². The van der Waals surface area contributed by atoms with Crippen molar-refractivity contribution >= 4 is 15.9 Å². The van der Waals surface area contributed by atoms with Gasteiger partial charge < -0.3 is 10.2 Å². The minimum Gasteiger partial charge on any atom is -0.313 e. The first kappa shape index (κ1) is 15.0. The average Bonchev–Trinajstić information content (AvgIpc) is 2.71. The Hall–Kier alpha value is -0.390. The summed E-state index contributed by atoms with van der Waals surface area (Å²) in [6.45, 7) is 5.45. The van der Waals surface area contributed by atoms with Crippen LogP contribution in [0.2, 0.25) is 0 Å². The average molecular weight is 329 g/mol.